The fraction of sp³-hybridized carbons (Fsp3) is 0.308. The predicted octanol–water partition coefficient (Wildman–Crippen LogP) is 3.23. The Bertz CT molecular complexity index is 499. The first-order valence-corrected chi connectivity index (χ1v) is 5.94. The van der Waals surface area contributed by atoms with E-state index in [1.54, 1.807) is 0 Å². The molecule has 0 aliphatic carbocycles. The summed E-state index contributed by atoms with van der Waals surface area (Å²) in [6.07, 6.45) is 0.737. The summed E-state index contributed by atoms with van der Waals surface area (Å²) < 4.78 is 5.16. The van der Waals surface area contributed by atoms with Gasteiger partial charge in [-0.25, -0.2) is 4.79 Å². The topological polar surface area (TPSA) is 75.7 Å². The number of ether oxygens (including phenoxy) is 1. The van der Waals surface area contributed by atoms with Gasteiger partial charge in [0, 0.05) is 5.57 Å². The molecule has 6 heteroatoms. The minimum atomic E-state index is -0.393. The van der Waals surface area contributed by atoms with Crippen molar-refractivity contribution in [3.8, 4) is 0 Å². The zero-order chi connectivity index (χ0) is 13.5. The predicted molar refractivity (Wildman–Crippen MR) is 68.1 cm³/mol. The average Bonchev–Trinajstić information content (AvgIpc) is 2.96. The normalized spacial score (nSPS) is 13.7. The van der Waals surface area contributed by atoms with Crippen molar-refractivity contribution in [3.63, 3.8) is 0 Å². The van der Waals surface area contributed by atoms with E-state index in [-0.39, 0.29) is 12.8 Å². The van der Waals surface area contributed by atoms with Gasteiger partial charge in [-0.1, -0.05) is 36.9 Å². The van der Waals surface area contributed by atoms with Crippen molar-refractivity contribution in [1.29, 1.82) is 0 Å². The quantitative estimate of drug-likeness (QED) is 0.580. The molecular weight excluding hydrogens is 244 g/mol. The number of carbonyl (C=O) groups is 1. The van der Waals surface area contributed by atoms with Gasteiger partial charge >= 0.3 is 5.97 Å². The molecule has 1 heterocycles. The van der Waals surface area contributed by atoms with Crippen LogP contribution in [0.3, 0.4) is 0 Å². The Morgan fingerprint density at radius 2 is 1.89 bits per heavy atom. The zero-order valence-electron chi connectivity index (χ0n) is 10.4. The third-order valence-corrected chi connectivity index (χ3v) is 2.62. The maximum atomic E-state index is 11.7. The Labute approximate surface area is 110 Å². The van der Waals surface area contributed by atoms with E-state index in [4.69, 9.17) is 4.74 Å². The summed E-state index contributed by atoms with van der Waals surface area (Å²) in [5.41, 5.74) is 1.36. The third kappa shape index (κ3) is 4.09. The smallest absolute Gasteiger partial charge is 0.333 e. The number of hydrogen-bond acceptors (Lipinski definition) is 6. The summed E-state index contributed by atoms with van der Waals surface area (Å²) in [5.74, 6) is -0.393. The average molecular weight is 258 g/mol. The molecule has 1 aliphatic rings. The lowest BCUT2D eigenvalue weighted by Gasteiger charge is -2.07. The number of hydrogen-bond donors (Lipinski definition) is 0. The van der Waals surface area contributed by atoms with Crippen molar-refractivity contribution in [1.82, 2.24) is 0 Å². The van der Waals surface area contributed by atoms with Crippen molar-refractivity contribution < 1.29 is 9.53 Å². The molecule has 0 saturated carbocycles. The van der Waals surface area contributed by atoms with Gasteiger partial charge in [0.1, 0.15) is 6.61 Å². The van der Waals surface area contributed by atoms with Gasteiger partial charge in [-0.2, -0.15) is 0 Å². The molecular formula is C13H14N4O2. The Morgan fingerprint density at radius 3 is 2.58 bits per heavy atom. The van der Waals surface area contributed by atoms with Gasteiger partial charge in [0.2, 0.25) is 0 Å². The fourth-order valence-corrected chi connectivity index (χ4v) is 1.53. The van der Waals surface area contributed by atoms with Crippen molar-refractivity contribution in [3.05, 3.63) is 48.0 Å². The van der Waals surface area contributed by atoms with Crippen LogP contribution in [0.5, 0.6) is 0 Å². The molecule has 0 atom stereocenters. The first-order chi connectivity index (χ1) is 9.25. The van der Waals surface area contributed by atoms with Gasteiger partial charge in [-0.3, -0.25) is 0 Å². The summed E-state index contributed by atoms with van der Waals surface area (Å²) in [5, 5.41) is 14.3. The highest BCUT2D eigenvalue weighted by atomic mass is 16.5. The molecule has 0 fully saturated rings. The molecule has 0 radical (unpaired) electrons. The Hall–Kier alpha value is -2.37. The van der Waals surface area contributed by atoms with Crippen molar-refractivity contribution >= 4 is 5.97 Å². The van der Waals surface area contributed by atoms with Crippen LogP contribution in [-0.4, -0.2) is 12.1 Å². The minimum Gasteiger partial charge on any atom is -0.457 e. The van der Waals surface area contributed by atoms with Gasteiger partial charge in [0.05, 0.1) is 0 Å². The van der Waals surface area contributed by atoms with Gasteiger partial charge in [0.15, 0.2) is 6.17 Å². The molecule has 0 bridgehead atoms. The molecule has 98 valence electrons. The van der Waals surface area contributed by atoms with E-state index in [2.05, 4.69) is 27.3 Å². The molecule has 1 aromatic carbocycles. The maximum Gasteiger partial charge on any atom is 0.333 e. The van der Waals surface area contributed by atoms with Crippen LogP contribution in [0.25, 0.3) is 0 Å². The standard InChI is InChI=1S/C13H14N4O2/c1-10(7-8-12-14-16-17-15-12)13(18)19-9-11-5-3-2-4-6-11/h2-6,12H,1,7-9H2. The summed E-state index contributed by atoms with van der Waals surface area (Å²) >= 11 is 0. The Kier molecular flexibility index (Phi) is 4.49. The second-order valence-corrected chi connectivity index (χ2v) is 4.09. The van der Waals surface area contributed by atoms with Crippen LogP contribution in [0, 0.1) is 0 Å². The monoisotopic (exact) mass is 258 g/mol. The van der Waals surface area contributed by atoms with Crippen LogP contribution in [0.1, 0.15) is 18.4 Å². The maximum absolute atomic E-state index is 11.7. The Balaban J connectivity index is 1.72. The minimum absolute atomic E-state index is 0.252. The van der Waals surface area contributed by atoms with Crippen LogP contribution < -0.4 is 0 Å². The number of esters is 1. The second-order valence-electron chi connectivity index (χ2n) is 4.09. The van der Waals surface area contributed by atoms with Crippen LogP contribution >= 0.6 is 0 Å². The number of carbonyl (C=O) groups excluding carboxylic acids is 1. The fourth-order valence-electron chi connectivity index (χ4n) is 1.53. The highest BCUT2D eigenvalue weighted by molar-refractivity contribution is 5.87. The molecule has 19 heavy (non-hydrogen) atoms. The molecule has 1 aliphatic heterocycles. The third-order valence-electron chi connectivity index (χ3n) is 2.62. The molecule has 0 saturated heterocycles. The van der Waals surface area contributed by atoms with Crippen molar-refractivity contribution in [2.45, 2.75) is 25.6 Å². The Morgan fingerprint density at radius 1 is 1.21 bits per heavy atom. The molecule has 0 amide bonds. The zero-order valence-corrected chi connectivity index (χ0v) is 10.4. The highest BCUT2D eigenvalue weighted by Gasteiger charge is 2.14. The lowest BCUT2D eigenvalue weighted by Crippen LogP contribution is -2.09. The molecule has 6 nitrogen and oxygen atoms in total. The molecule has 0 unspecified atom stereocenters. The SMILES string of the molecule is C=C(CCC1N=NN=N1)C(=O)OCc1ccccc1. The first-order valence-electron chi connectivity index (χ1n) is 5.94. The summed E-state index contributed by atoms with van der Waals surface area (Å²) in [6.45, 7) is 3.96. The molecule has 0 aromatic heterocycles. The van der Waals surface area contributed by atoms with E-state index in [9.17, 15) is 4.79 Å². The van der Waals surface area contributed by atoms with Gasteiger partial charge in [-0.15, -0.1) is 10.2 Å². The van der Waals surface area contributed by atoms with E-state index >= 15 is 0 Å². The van der Waals surface area contributed by atoms with Crippen LogP contribution in [0.15, 0.2) is 63.2 Å². The van der Waals surface area contributed by atoms with E-state index in [1.807, 2.05) is 30.3 Å². The molecule has 0 spiro atoms. The van der Waals surface area contributed by atoms with Crippen LogP contribution in [0.4, 0.5) is 0 Å². The van der Waals surface area contributed by atoms with Gasteiger partial charge in [0.25, 0.3) is 0 Å². The number of nitrogens with zero attached hydrogens (tertiary/aromatic N) is 4. The molecule has 1 aromatic rings. The van der Waals surface area contributed by atoms with Crippen molar-refractivity contribution in [2.75, 3.05) is 0 Å². The molecule has 0 N–H and O–H groups in total. The second kappa shape index (κ2) is 6.53. The van der Waals surface area contributed by atoms with E-state index in [0.29, 0.717) is 18.4 Å². The van der Waals surface area contributed by atoms with E-state index in [0.717, 1.165) is 5.56 Å². The van der Waals surface area contributed by atoms with Gasteiger partial charge in [-0.05, 0) is 28.9 Å². The summed E-state index contributed by atoms with van der Waals surface area (Å²) in [7, 11) is 0. The van der Waals surface area contributed by atoms with Gasteiger partial charge < -0.3 is 4.74 Å². The lowest BCUT2D eigenvalue weighted by molar-refractivity contribution is -0.140. The van der Waals surface area contributed by atoms with Crippen LogP contribution in [0.2, 0.25) is 0 Å². The highest BCUT2D eigenvalue weighted by Crippen LogP contribution is 2.15. The van der Waals surface area contributed by atoms with Crippen molar-refractivity contribution in [2.24, 2.45) is 20.7 Å². The first kappa shape index (κ1) is 13.1. The largest absolute Gasteiger partial charge is 0.457 e. The van der Waals surface area contributed by atoms with E-state index < -0.39 is 5.97 Å². The summed E-state index contributed by atoms with van der Waals surface area (Å²) in [4.78, 5) is 11.7. The lowest BCUT2D eigenvalue weighted by atomic mass is 10.1. The van der Waals surface area contributed by atoms with E-state index in [1.165, 1.54) is 0 Å². The molecule has 2 rings (SSSR count). The number of rotatable bonds is 6. The van der Waals surface area contributed by atoms with Crippen LogP contribution in [-0.2, 0) is 16.1 Å². The number of benzene rings is 1. The summed E-state index contributed by atoms with van der Waals surface area (Å²) in [6, 6.07) is 9.50.